The van der Waals surface area contributed by atoms with E-state index in [2.05, 4.69) is 5.32 Å². The molecule has 0 bridgehead atoms. The molecule has 2 N–H and O–H groups in total. The smallest absolute Gasteiger partial charge is 0.322 e. The Morgan fingerprint density at radius 1 is 1.40 bits per heavy atom. The third kappa shape index (κ3) is 3.20. The summed E-state index contributed by atoms with van der Waals surface area (Å²) in [7, 11) is 3.18. The second-order valence-corrected chi connectivity index (χ2v) is 4.72. The molecule has 1 fully saturated rings. The molecule has 20 heavy (non-hydrogen) atoms. The maximum absolute atomic E-state index is 11.3. The van der Waals surface area contributed by atoms with Crippen molar-refractivity contribution in [1.82, 2.24) is 10.2 Å². The number of rotatable bonds is 5. The van der Waals surface area contributed by atoms with Crippen LogP contribution in [0.3, 0.4) is 0 Å². The maximum atomic E-state index is 11.3. The second kappa shape index (κ2) is 6.58. The summed E-state index contributed by atoms with van der Waals surface area (Å²) < 4.78 is 10.5. The molecule has 0 saturated carbocycles. The van der Waals surface area contributed by atoms with Gasteiger partial charge >= 0.3 is 5.97 Å². The maximum Gasteiger partial charge on any atom is 0.322 e. The lowest BCUT2D eigenvalue weighted by atomic mass is 10.1. The number of piperazine rings is 1. The lowest BCUT2D eigenvalue weighted by Gasteiger charge is -2.33. The minimum Gasteiger partial charge on any atom is -0.493 e. The normalized spacial score (nSPS) is 19.6. The average molecular weight is 280 g/mol. The number of aliphatic carboxylic acids is 1. The number of benzene rings is 1. The Morgan fingerprint density at radius 2 is 2.15 bits per heavy atom. The zero-order valence-electron chi connectivity index (χ0n) is 11.8. The summed E-state index contributed by atoms with van der Waals surface area (Å²) in [5.74, 6) is 0.538. The second-order valence-electron chi connectivity index (χ2n) is 4.72. The minimum atomic E-state index is -0.794. The Bertz CT molecular complexity index is 478. The molecule has 6 heteroatoms. The van der Waals surface area contributed by atoms with Crippen molar-refractivity contribution in [1.29, 1.82) is 0 Å². The van der Waals surface area contributed by atoms with Gasteiger partial charge in [-0.05, 0) is 17.7 Å². The first-order chi connectivity index (χ1) is 9.65. The first-order valence-corrected chi connectivity index (χ1v) is 6.54. The summed E-state index contributed by atoms with van der Waals surface area (Å²) in [6.07, 6.45) is 0. The molecule has 1 aliphatic heterocycles. The highest BCUT2D eigenvalue weighted by Crippen LogP contribution is 2.28. The van der Waals surface area contributed by atoms with Gasteiger partial charge in [0.15, 0.2) is 11.5 Å². The van der Waals surface area contributed by atoms with Crippen LogP contribution in [-0.4, -0.2) is 55.9 Å². The number of hydrogen-bond acceptors (Lipinski definition) is 5. The molecule has 0 aromatic heterocycles. The minimum absolute atomic E-state index is 0.475. The van der Waals surface area contributed by atoms with Crippen LogP contribution in [-0.2, 0) is 11.3 Å². The summed E-state index contributed by atoms with van der Waals surface area (Å²) in [6, 6.07) is 5.17. The van der Waals surface area contributed by atoms with Crippen molar-refractivity contribution in [3.63, 3.8) is 0 Å². The Hall–Kier alpha value is -1.79. The van der Waals surface area contributed by atoms with E-state index >= 15 is 0 Å². The number of carboxylic acids is 1. The highest BCUT2D eigenvalue weighted by Gasteiger charge is 2.28. The predicted molar refractivity (Wildman–Crippen MR) is 74.2 cm³/mol. The van der Waals surface area contributed by atoms with E-state index in [9.17, 15) is 9.90 Å². The molecule has 1 aromatic rings. The largest absolute Gasteiger partial charge is 0.493 e. The molecule has 1 heterocycles. The van der Waals surface area contributed by atoms with Gasteiger partial charge in [0.05, 0.1) is 14.2 Å². The number of methoxy groups -OCH3 is 2. The monoisotopic (exact) mass is 280 g/mol. The lowest BCUT2D eigenvalue weighted by molar-refractivity contribution is -0.144. The fourth-order valence-electron chi connectivity index (χ4n) is 2.39. The van der Waals surface area contributed by atoms with Crippen LogP contribution in [0, 0.1) is 0 Å². The van der Waals surface area contributed by atoms with Gasteiger partial charge in [0.25, 0.3) is 0 Å². The van der Waals surface area contributed by atoms with E-state index in [-0.39, 0.29) is 0 Å². The van der Waals surface area contributed by atoms with Gasteiger partial charge in [0.2, 0.25) is 0 Å². The van der Waals surface area contributed by atoms with Crippen molar-refractivity contribution in [3.05, 3.63) is 23.8 Å². The van der Waals surface area contributed by atoms with E-state index in [4.69, 9.17) is 9.47 Å². The highest BCUT2D eigenvalue weighted by molar-refractivity contribution is 5.74. The van der Waals surface area contributed by atoms with Crippen LogP contribution in [0.2, 0.25) is 0 Å². The van der Waals surface area contributed by atoms with Crippen LogP contribution < -0.4 is 14.8 Å². The molecule has 1 aliphatic rings. The third-order valence-electron chi connectivity index (χ3n) is 3.47. The van der Waals surface area contributed by atoms with E-state index < -0.39 is 12.0 Å². The van der Waals surface area contributed by atoms with Crippen LogP contribution >= 0.6 is 0 Å². The first-order valence-electron chi connectivity index (χ1n) is 6.54. The van der Waals surface area contributed by atoms with Crippen molar-refractivity contribution < 1.29 is 19.4 Å². The fraction of sp³-hybridized carbons (Fsp3) is 0.500. The highest BCUT2D eigenvalue weighted by atomic mass is 16.5. The molecule has 0 spiro atoms. The molecule has 110 valence electrons. The summed E-state index contributed by atoms with van der Waals surface area (Å²) in [4.78, 5) is 13.2. The van der Waals surface area contributed by atoms with Crippen molar-refractivity contribution in [3.8, 4) is 11.5 Å². The molecular weight excluding hydrogens is 260 g/mol. The summed E-state index contributed by atoms with van der Waals surface area (Å²) >= 11 is 0. The van der Waals surface area contributed by atoms with Crippen molar-refractivity contribution in [2.45, 2.75) is 12.6 Å². The predicted octanol–water partition coefficient (Wildman–Crippen LogP) is 0.562. The average Bonchev–Trinajstić information content (AvgIpc) is 2.47. The molecule has 6 nitrogen and oxygen atoms in total. The topological polar surface area (TPSA) is 71.0 Å². The molecule has 0 radical (unpaired) electrons. The van der Waals surface area contributed by atoms with Gasteiger partial charge in [-0.25, -0.2) is 0 Å². The van der Waals surface area contributed by atoms with Gasteiger partial charge in [-0.15, -0.1) is 0 Å². The third-order valence-corrected chi connectivity index (χ3v) is 3.47. The van der Waals surface area contributed by atoms with E-state index in [0.717, 1.165) is 12.1 Å². The van der Waals surface area contributed by atoms with Crippen molar-refractivity contribution in [2.75, 3.05) is 33.9 Å². The molecule has 2 rings (SSSR count). The van der Waals surface area contributed by atoms with E-state index in [1.807, 2.05) is 23.1 Å². The fourth-order valence-corrected chi connectivity index (χ4v) is 2.39. The van der Waals surface area contributed by atoms with Crippen LogP contribution in [0.5, 0.6) is 11.5 Å². The van der Waals surface area contributed by atoms with Gasteiger partial charge < -0.3 is 19.9 Å². The molecule has 1 atom stereocenters. The molecular formula is C14H20N2O4. The van der Waals surface area contributed by atoms with E-state index in [1.165, 1.54) is 0 Å². The summed E-state index contributed by atoms with van der Waals surface area (Å²) in [6.45, 7) is 2.57. The van der Waals surface area contributed by atoms with E-state index in [1.54, 1.807) is 14.2 Å². The number of nitrogens with zero attached hydrogens (tertiary/aromatic N) is 1. The van der Waals surface area contributed by atoms with Gasteiger partial charge in [-0.3, -0.25) is 9.69 Å². The Kier molecular flexibility index (Phi) is 4.81. The number of ether oxygens (including phenoxy) is 2. The van der Waals surface area contributed by atoms with Crippen LogP contribution in [0.25, 0.3) is 0 Å². The zero-order chi connectivity index (χ0) is 14.5. The quantitative estimate of drug-likeness (QED) is 0.821. The van der Waals surface area contributed by atoms with Crippen molar-refractivity contribution >= 4 is 5.97 Å². The lowest BCUT2D eigenvalue weighted by Crippen LogP contribution is -2.54. The SMILES string of the molecule is COc1ccc(CN2CCNCC2C(=O)O)cc1OC. The number of nitrogens with one attached hydrogen (secondary N) is 1. The number of carboxylic acid groups (broad SMARTS) is 1. The van der Waals surface area contributed by atoms with Crippen molar-refractivity contribution in [2.24, 2.45) is 0 Å². The van der Waals surface area contributed by atoms with Gasteiger partial charge in [-0.2, -0.15) is 0 Å². The van der Waals surface area contributed by atoms with Gasteiger partial charge in [-0.1, -0.05) is 6.07 Å². The standard InChI is InChI=1S/C14H20N2O4/c1-19-12-4-3-10(7-13(12)20-2)9-16-6-5-15-8-11(16)14(17)18/h3-4,7,11,15H,5-6,8-9H2,1-2H3,(H,17,18). The molecule has 1 aromatic carbocycles. The van der Waals surface area contributed by atoms with Crippen LogP contribution in [0.15, 0.2) is 18.2 Å². The zero-order valence-corrected chi connectivity index (χ0v) is 11.8. The van der Waals surface area contributed by atoms with Crippen LogP contribution in [0.4, 0.5) is 0 Å². The van der Waals surface area contributed by atoms with Gasteiger partial charge in [0, 0.05) is 26.2 Å². The summed E-state index contributed by atoms with van der Waals surface area (Å²) in [5, 5.41) is 12.3. The Balaban J connectivity index is 2.13. The van der Waals surface area contributed by atoms with E-state index in [0.29, 0.717) is 31.1 Å². The number of hydrogen-bond donors (Lipinski definition) is 2. The van der Waals surface area contributed by atoms with Gasteiger partial charge in [0.1, 0.15) is 6.04 Å². The Morgan fingerprint density at radius 3 is 2.80 bits per heavy atom. The first kappa shape index (κ1) is 14.6. The Labute approximate surface area is 118 Å². The summed E-state index contributed by atoms with van der Waals surface area (Å²) in [5.41, 5.74) is 1.01. The molecule has 0 amide bonds. The van der Waals surface area contributed by atoms with Crippen LogP contribution in [0.1, 0.15) is 5.56 Å². The molecule has 1 unspecified atom stereocenters. The number of carbonyl (C=O) groups is 1. The molecule has 0 aliphatic carbocycles. The molecule has 1 saturated heterocycles.